The van der Waals surface area contributed by atoms with Gasteiger partial charge in [0.2, 0.25) is 10.0 Å². The van der Waals surface area contributed by atoms with Gasteiger partial charge in [-0.05, 0) is 18.2 Å². The summed E-state index contributed by atoms with van der Waals surface area (Å²) in [6, 6.07) is 3.28. The van der Waals surface area contributed by atoms with Crippen LogP contribution in [0.15, 0.2) is 23.1 Å². The number of benzene rings is 1. The van der Waals surface area contributed by atoms with Gasteiger partial charge in [0, 0.05) is 7.11 Å². The Kier molecular flexibility index (Phi) is 5.36. The number of nitrogen functional groups attached to an aromatic ring is 1. The molecule has 0 saturated carbocycles. The number of halogens is 1. The van der Waals surface area contributed by atoms with E-state index in [0.29, 0.717) is 0 Å². The van der Waals surface area contributed by atoms with Crippen molar-refractivity contribution in [1.29, 1.82) is 0 Å². The lowest BCUT2D eigenvalue weighted by Crippen LogP contribution is -2.40. The molecular weight excluding hydrogens is 280 g/mol. The topological polar surface area (TPSA) is 102 Å². The van der Waals surface area contributed by atoms with Gasteiger partial charge in [-0.2, -0.15) is 0 Å². The van der Waals surface area contributed by atoms with Gasteiger partial charge in [0.25, 0.3) is 0 Å². The summed E-state index contributed by atoms with van der Waals surface area (Å²) in [5.41, 5.74) is 5.71. The fourth-order valence-electron chi connectivity index (χ4n) is 1.30. The second-order valence-corrected chi connectivity index (χ2v) is 5.76. The number of aliphatic hydroxyl groups excluding tert-OH is 1. The third-order valence-electron chi connectivity index (χ3n) is 2.19. The highest BCUT2D eigenvalue weighted by Crippen LogP contribution is 2.22. The van der Waals surface area contributed by atoms with Gasteiger partial charge in [-0.15, -0.1) is 0 Å². The van der Waals surface area contributed by atoms with E-state index >= 15 is 0 Å². The van der Waals surface area contributed by atoms with E-state index in [4.69, 9.17) is 27.2 Å². The molecule has 0 fully saturated rings. The molecule has 8 heteroatoms. The maximum absolute atomic E-state index is 12.0. The molecule has 0 spiro atoms. The Hall–Kier alpha value is -0.860. The first-order chi connectivity index (χ1) is 8.40. The molecule has 0 aliphatic rings. The Morgan fingerprint density at radius 3 is 2.72 bits per heavy atom. The molecule has 1 aromatic carbocycles. The molecule has 1 aromatic rings. The van der Waals surface area contributed by atoms with Crippen LogP contribution in [-0.4, -0.2) is 39.9 Å². The van der Waals surface area contributed by atoms with Gasteiger partial charge >= 0.3 is 0 Å². The lowest BCUT2D eigenvalue weighted by Gasteiger charge is -2.15. The van der Waals surface area contributed by atoms with Crippen molar-refractivity contribution in [2.45, 2.75) is 10.9 Å². The average molecular weight is 295 g/mol. The number of rotatable bonds is 6. The van der Waals surface area contributed by atoms with Gasteiger partial charge in [0.15, 0.2) is 0 Å². The zero-order valence-corrected chi connectivity index (χ0v) is 11.3. The van der Waals surface area contributed by atoms with Crippen LogP contribution in [0.1, 0.15) is 0 Å². The summed E-state index contributed by atoms with van der Waals surface area (Å²) in [5, 5.41) is 9.30. The Morgan fingerprint density at radius 1 is 1.56 bits per heavy atom. The monoisotopic (exact) mass is 294 g/mol. The number of nitrogens with two attached hydrogens (primary N) is 1. The predicted molar refractivity (Wildman–Crippen MR) is 68.9 cm³/mol. The van der Waals surface area contributed by atoms with Gasteiger partial charge in [-0.3, -0.25) is 0 Å². The van der Waals surface area contributed by atoms with Crippen LogP contribution in [-0.2, 0) is 14.8 Å². The van der Waals surface area contributed by atoms with Crippen molar-refractivity contribution >= 4 is 27.3 Å². The molecule has 0 heterocycles. The maximum Gasteiger partial charge on any atom is 0.241 e. The summed E-state index contributed by atoms with van der Waals surface area (Å²) in [6.07, 6.45) is 0. The van der Waals surface area contributed by atoms with Gasteiger partial charge in [-0.1, -0.05) is 11.6 Å². The fraction of sp³-hybridized carbons (Fsp3) is 0.400. The van der Waals surface area contributed by atoms with Crippen LogP contribution in [0.3, 0.4) is 0 Å². The Morgan fingerprint density at radius 2 is 2.22 bits per heavy atom. The number of nitrogens with one attached hydrogen (secondary N) is 1. The van der Waals surface area contributed by atoms with Crippen molar-refractivity contribution in [3.8, 4) is 0 Å². The Bertz CT molecular complexity index is 507. The van der Waals surface area contributed by atoms with Crippen LogP contribution in [0.2, 0.25) is 5.02 Å². The average Bonchev–Trinajstić information content (AvgIpc) is 2.31. The molecule has 6 nitrogen and oxygen atoms in total. The fourth-order valence-corrected chi connectivity index (χ4v) is 2.67. The molecule has 1 atom stereocenters. The quantitative estimate of drug-likeness (QED) is 0.651. The number of hydrogen-bond donors (Lipinski definition) is 3. The molecular formula is C10H15ClN2O4S. The van der Waals surface area contributed by atoms with Crippen LogP contribution in [0.4, 0.5) is 5.69 Å². The first-order valence-corrected chi connectivity index (χ1v) is 6.94. The summed E-state index contributed by atoms with van der Waals surface area (Å²) >= 11 is 5.71. The number of ether oxygens (including phenoxy) is 1. The van der Waals surface area contributed by atoms with Crippen LogP contribution in [0.25, 0.3) is 0 Å². The van der Waals surface area contributed by atoms with Crippen molar-refractivity contribution in [1.82, 2.24) is 4.72 Å². The third kappa shape index (κ3) is 3.82. The number of methoxy groups -OCH3 is 1. The molecule has 0 radical (unpaired) electrons. The standard InChI is InChI=1S/C10H15ClN2O4S/c1-17-6-7(5-14)13-18(15,16)8-2-3-9(11)10(12)4-8/h2-4,7,13-14H,5-6,12H2,1H3. The number of sulfonamides is 1. The summed E-state index contributed by atoms with van der Waals surface area (Å²) in [5.74, 6) is 0. The smallest absolute Gasteiger partial charge is 0.241 e. The van der Waals surface area contributed by atoms with Crippen molar-refractivity contribution in [2.24, 2.45) is 0 Å². The van der Waals surface area contributed by atoms with Crippen LogP contribution >= 0.6 is 11.6 Å². The zero-order valence-electron chi connectivity index (χ0n) is 9.76. The second kappa shape index (κ2) is 6.35. The highest BCUT2D eigenvalue weighted by Gasteiger charge is 2.20. The lowest BCUT2D eigenvalue weighted by atomic mass is 10.3. The van der Waals surface area contributed by atoms with E-state index in [0.717, 1.165) is 0 Å². The van der Waals surface area contributed by atoms with E-state index in [9.17, 15) is 8.42 Å². The third-order valence-corrected chi connectivity index (χ3v) is 4.05. The van der Waals surface area contributed by atoms with Gasteiger partial charge < -0.3 is 15.6 Å². The Balaban J connectivity index is 2.95. The second-order valence-electron chi connectivity index (χ2n) is 3.64. The largest absolute Gasteiger partial charge is 0.397 e. The van der Waals surface area contributed by atoms with Crippen LogP contribution in [0.5, 0.6) is 0 Å². The molecule has 0 aromatic heterocycles. The van der Waals surface area contributed by atoms with Crippen LogP contribution < -0.4 is 10.5 Å². The zero-order chi connectivity index (χ0) is 13.8. The van der Waals surface area contributed by atoms with E-state index in [-0.39, 0.29) is 28.8 Å². The minimum atomic E-state index is -3.76. The maximum atomic E-state index is 12.0. The Labute approximate surface area is 111 Å². The molecule has 1 unspecified atom stereocenters. The van der Waals surface area contributed by atoms with Crippen LogP contribution in [0, 0.1) is 0 Å². The minimum Gasteiger partial charge on any atom is -0.397 e. The summed E-state index contributed by atoms with van der Waals surface area (Å²) in [4.78, 5) is -0.0149. The summed E-state index contributed by atoms with van der Waals surface area (Å²) < 4.78 is 31.0. The number of aliphatic hydroxyl groups is 1. The van der Waals surface area contributed by atoms with E-state index < -0.39 is 16.1 Å². The first kappa shape index (κ1) is 15.2. The van der Waals surface area contributed by atoms with E-state index in [1.165, 1.54) is 25.3 Å². The molecule has 0 amide bonds. The molecule has 0 aliphatic heterocycles. The molecule has 0 saturated heterocycles. The van der Waals surface area contributed by atoms with Crippen molar-refractivity contribution in [2.75, 3.05) is 26.1 Å². The molecule has 4 N–H and O–H groups in total. The van der Waals surface area contributed by atoms with Crippen molar-refractivity contribution in [3.63, 3.8) is 0 Å². The lowest BCUT2D eigenvalue weighted by molar-refractivity contribution is 0.139. The summed E-state index contributed by atoms with van der Waals surface area (Å²) in [6.45, 7) is -0.297. The van der Waals surface area contributed by atoms with Gasteiger partial charge in [0.05, 0.1) is 34.9 Å². The van der Waals surface area contributed by atoms with Gasteiger partial charge in [0.1, 0.15) is 0 Å². The molecule has 18 heavy (non-hydrogen) atoms. The van der Waals surface area contributed by atoms with Gasteiger partial charge in [-0.25, -0.2) is 13.1 Å². The SMILES string of the molecule is COCC(CO)NS(=O)(=O)c1ccc(Cl)c(N)c1. The number of anilines is 1. The van der Waals surface area contributed by atoms with Crippen molar-refractivity contribution in [3.05, 3.63) is 23.2 Å². The first-order valence-electron chi connectivity index (χ1n) is 5.08. The highest BCUT2D eigenvalue weighted by molar-refractivity contribution is 7.89. The summed E-state index contributed by atoms with van der Waals surface area (Å²) in [7, 11) is -2.35. The minimum absolute atomic E-state index is 0.0149. The van der Waals surface area contributed by atoms with Crippen molar-refractivity contribution < 1.29 is 18.3 Å². The van der Waals surface area contributed by atoms with E-state index in [1.54, 1.807) is 0 Å². The molecule has 0 aliphatic carbocycles. The normalized spacial score (nSPS) is 13.5. The molecule has 102 valence electrons. The van der Waals surface area contributed by atoms with E-state index in [2.05, 4.69) is 4.72 Å². The highest BCUT2D eigenvalue weighted by atomic mass is 35.5. The predicted octanol–water partition coefficient (Wildman–Crippen LogP) is 0.208. The number of hydrogen-bond acceptors (Lipinski definition) is 5. The molecule has 0 bridgehead atoms. The molecule has 1 rings (SSSR count). The van der Waals surface area contributed by atoms with E-state index in [1.807, 2.05) is 0 Å².